The molecule has 41 heavy (non-hydrogen) atoms. The number of aromatic nitrogens is 2. The fourth-order valence-electron chi connectivity index (χ4n) is 4.86. The van der Waals surface area contributed by atoms with E-state index in [0.717, 1.165) is 5.56 Å². The number of benzene rings is 2. The number of ether oxygens (including phenoxy) is 1. The lowest BCUT2D eigenvalue weighted by atomic mass is 10.0. The first-order valence-electron chi connectivity index (χ1n) is 12.5. The second kappa shape index (κ2) is 11.6. The van der Waals surface area contributed by atoms with Crippen molar-refractivity contribution in [2.45, 2.75) is 25.9 Å². The van der Waals surface area contributed by atoms with E-state index in [1.165, 1.54) is 41.1 Å². The van der Waals surface area contributed by atoms with Crippen LogP contribution >= 0.6 is 11.6 Å². The maximum absolute atomic E-state index is 13.6. The first-order valence-corrected chi connectivity index (χ1v) is 12.9. The molecule has 210 valence electrons. The van der Waals surface area contributed by atoms with Gasteiger partial charge in [-0.2, -0.15) is 5.26 Å². The van der Waals surface area contributed by atoms with Crippen molar-refractivity contribution in [2.75, 3.05) is 13.1 Å². The number of nitrogens with zero attached hydrogens (tertiary/aromatic N) is 4. The van der Waals surface area contributed by atoms with Crippen LogP contribution in [0.25, 0.3) is 17.0 Å². The number of pyridine rings is 1. The maximum atomic E-state index is 13.6. The maximum Gasteiger partial charge on any atom is 0.573 e. The summed E-state index contributed by atoms with van der Waals surface area (Å²) in [4.78, 5) is 19.4. The average Bonchev–Trinajstić information content (AvgIpc) is 3.24. The lowest BCUT2D eigenvalue weighted by Crippen LogP contribution is -2.34. The summed E-state index contributed by atoms with van der Waals surface area (Å²) in [5.41, 5.74) is 3.18. The van der Waals surface area contributed by atoms with Crippen LogP contribution in [0, 0.1) is 17.1 Å². The highest BCUT2D eigenvalue weighted by molar-refractivity contribution is 6.29. The molecule has 0 radical (unpaired) electrons. The summed E-state index contributed by atoms with van der Waals surface area (Å²) >= 11 is 5.94. The highest BCUT2D eigenvalue weighted by Gasteiger charge is 2.32. The standard InChI is InChI=1S/C29H22ClF4N5O2/c30-27-13-19(7-9-36-27)16-37-28(40)39-25-8-11-38(10-1-2-18-3-6-24(31)20(12-18)15-35)17-23(25)22-5-4-21(14-26(22)39)41-29(32,33)34/h1-7,9,12-14H,8,10-11,16-17H2,(H,37,40)/b2-1+. The van der Waals surface area contributed by atoms with Gasteiger partial charge in [-0.1, -0.05) is 29.8 Å². The zero-order valence-electron chi connectivity index (χ0n) is 21.4. The minimum Gasteiger partial charge on any atom is -0.406 e. The number of alkyl halides is 3. The molecule has 0 fully saturated rings. The fourth-order valence-corrected chi connectivity index (χ4v) is 5.05. The first-order chi connectivity index (χ1) is 19.6. The van der Waals surface area contributed by atoms with Crippen LogP contribution in [0.5, 0.6) is 5.75 Å². The second-order valence-electron chi connectivity index (χ2n) is 9.37. The zero-order valence-corrected chi connectivity index (χ0v) is 22.1. The molecule has 2 aromatic carbocycles. The van der Waals surface area contributed by atoms with Gasteiger partial charge in [0.2, 0.25) is 0 Å². The van der Waals surface area contributed by atoms with Gasteiger partial charge in [-0.25, -0.2) is 14.2 Å². The monoisotopic (exact) mass is 583 g/mol. The van der Waals surface area contributed by atoms with Crippen molar-refractivity contribution in [1.29, 1.82) is 5.26 Å². The number of halogens is 5. The van der Waals surface area contributed by atoms with Crippen LogP contribution in [0.4, 0.5) is 22.4 Å². The van der Waals surface area contributed by atoms with Gasteiger partial charge in [0.15, 0.2) is 0 Å². The molecule has 0 unspecified atom stereocenters. The van der Waals surface area contributed by atoms with E-state index in [4.69, 9.17) is 16.9 Å². The van der Waals surface area contributed by atoms with Gasteiger partial charge in [0.1, 0.15) is 22.8 Å². The van der Waals surface area contributed by atoms with Crippen LogP contribution < -0.4 is 10.1 Å². The van der Waals surface area contributed by atoms with E-state index in [1.54, 1.807) is 24.3 Å². The van der Waals surface area contributed by atoms with Crippen molar-refractivity contribution >= 4 is 34.6 Å². The molecule has 4 aromatic rings. The quantitative estimate of drug-likeness (QED) is 0.209. The molecule has 3 heterocycles. The van der Waals surface area contributed by atoms with E-state index in [1.807, 2.05) is 12.1 Å². The molecule has 5 rings (SSSR count). The third-order valence-electron chi connectivity index (χ3n) is 6.66. The number of fused-ring (bicyclic) bond motifs is 3. The minimum atomic E-state index is -4.88. The lowest BCUT2D eigenvalue weighted by Gasteiger charge is -2.27. The smallest absolute Gasteiger partial charge is 0.406 e. The number of hydrogen-bond donors (Lipinski definition) is 1. The van der Waals surface area contributed by atoms with Gasteiger partial charge in [-0.05, 0) is 53.1 Å². The summed E-state index contributed by atoms with van der Waals surface area (Å²) in [6, 6.07) is 12.9. The molecule has 0 atom stereocenters. The predicted molar refractivity (Wildman–Crippen MR) is 145 cm³/mol. The number of nitrogens with one attached hydrogen (secondary N) is 1. The Balaban J connectivity index is 1.41. The Bertz CT molecular complexity index is 1690. The molecule has 1 aliphatic heterocycles. The normalized spacial score (nSPS) is 13.8. The first kappa shape index (κ1) is 28.1. The molecule has 0 spiro atoms. The average molecular weight is 584 g/mol. The van der Waals surface area contributed by atoms with E-state index >= 15 is 0 Å². The number of rotatable bonds is 6. The third kappa shape index (κ3) is 6.51. The Morgan fingerprint density at radius 3 is 2.78 bits per heavy atom. The molecule has 1 aliphatic rings. The summed E-state index contributed by atoms with van der Waals surface area (Å²) in [7, 11) is 0. The van der Waals surface area contributed by atoms with Gasteiger partial charge in [-0.3, -0.25) is 9.47 Å². The highest BCUT2D eigenvalue weighted by Crippen LogP contribution is 2.34. The predicted octanol–water partition coefficient (Wildman–Crippen LogP) is 6.43. The molecule has 1 amide bonds. The Morgan fingerprint density at radius 2 is 2.02 bits per heavy atom. The number of amides is 1. The number of nitriles is 1. The van der Waals surface area contributed by atoms with Crippen molar-refractivity contribution in [1.82, 2.24) is 19.8 Å². The molecule has 12 heteroatoms. The van der Waals surface area contributed by atoms with Crippen molar-refractivity contribution in [3.63, 3.8) is 0 Å². The Labute approximate surface area is 237 Å². The van der Waals surface area contributed by atoms with E-state index in [2.05, 4.69) is 19.9 Å². The van der Waals surface area contributed by atoms with Crippen LogP contribution in [-0.4, -0.2) is 39.9 Å². The van der Waals surface area contributed by atoms with Crippen LogP contribution in [-0.2, 0) is 19.5 Å². The Hall–Kier alpha value is -4.40. The molecule has 7 nitrogen and oxygen atoms in total. The van der Waals surface area contributed by atoms with Crippen LogP contribution in [0.2, 0.25) is 5.15 Å². The molecule has 0 saturated heterocycles. The van der Waals surface area contributed by atoms with Crippen molar-refractivity contribution in [3.05, 3.63) is 99.7 Å². The van der Waals surface area contributed by atoms with E-state index in [-0.39, 0.29) is 17.3 Å². The molecule has 0 bridgehead atoms. The van der Waals surface area contributed by atoms with Crippen LogP contribution in [0.15, 0.2) is 60.8 Å². The summed E-state index contributed by atoms with van der Waals surface area (Å²) in [6.45, 7) is 1.69. The van der Waals surface area contributed by atoms with Gasteiger partial charge in [-0.15, -0.1) is 13.2 Å². The number of carbonyl (C=O) groups excluding carboxylic acids is 1. The molecule has 2 aromatic heterocycles. The summed E-state index contributed by atoms with van der Waals surface area (Å²) < 4.78 is 58.0. The topological polar surface area (TPSA) is 83.2 Å². The number of carbonyl (C=O) groups is 1. The van der Waals surface area contributed by atoms with Crippen molar-refractivity contribution in [2.24, 2.45) is 0 Å². The van der Waals surface area contributed by atoms with Crippen molar-refractivity contribution in [3.8, 4) is 11.8 Å². The summed E-state index contributed by atoms with van der Waals surface area (Å²) in [5.74, 6) is -1.01. The fraction of sp³-hybridized carbons (Fsp3) is 0.207. The summed E-state index contributed by atoms with van der Waals surface area (Å²) in [6.07, 6.45) is 0.782. The molecular formula is C29H22ClF4N5O2. The summed E-state index contributed by atoms with van der Waals surface area (Å²) in [5, 5.41) is 12.8. The van der Waals surface area contributed by atoms with Gasteiger partial charge in [0.25, 0.3) is 0 Å². The largest absolute Gasteiger partial charge is 0.573 e. The molecule has 0 saturated carbocycles. The van der Waals surface area contributed by atoms with Gasteiger partial charge < -0.3 is 10.1 Å². The zero-order chi connectivity index (χ0) is 29.1. The molecule has 0 aliphatic carbocycles. The van der Waals surface area contributed by atoms with Crippen LogP contribution in [0.3, 0.4) is 0 Å². The second-order valence-corrected chi connectivity index (χ2v) is 9.76. The van der Waals surface area contributed by atoms with Gasteiger partial charge >= 0.3 is 12.4 Å². The van der Waals surface area contributed by atoms with E-state index < -0.39 is 24.0 Å². The van der Waals surface area contributed by atoms with Gasteiger partial charge in [0.05, 0.1) is 11.1 Å². The van der Waals surface area contributed by atoms with Gasteiger partial charge in [0, 0.05) is 55.9 Å². The van der Waals surface area contributed by atoms with Crippen LogP contribution in [0.1, 0.15) is 27.9 Å². The Kier molecular flexibility index (Phi) is 7.97. The van der Waals surface area contributed by atoms with E-state index in [0.29, 0.717) is 53.8 Å². The third-order valence-corrected chi connectivity index (χ3v) is 6.86. The van der Waals surface area contributed by atoms with E-state index in [9.17, 15) is 22.4 Å². The SMILES string of the molecule is N#Cc1cc(/C=C/CN2CCc3c(c4ccc(OC(F)(F)F)cc4n3C(=O)NCc3ccnc(Cl)c3)C2)ccc1F. The molecule has 1 N–H and O–H groups in total. The Morgan fingerprint density at radius 1 is 1.20 bits per heavy atom. The highest BCUT2D eigenvalue weighted by atomic mass is 35.5. The lowest BCUT2D eigenvalue weighted by molar-refractivity contribution is -0.274. The molecular weight excluding hydrogens is 562 g/mol. The van der Waals surface area contributed by atoms with Crippen molar-refractivity contribution < 1.29 is 27.1 Å². The number of hydrogen-bond acceptors (Lipinski definition) is 5. The minimum absolute atomic E-state index is 0.0400.